The van der Waals surface area contributed by atoms with Crippen molar-refractivity contribution in [3.63, 3.8) is 0 Å². The van der Waals surface area contributed by atoms with Gasteiger partial charge in [-0.05, 0) is 50.6 Å². The zero-order valence-electron chi connectivity index (χ0n) is 18.9. The number of fused-ring (bicyclic) bond motifs is 3. The highest BCUT2D eigenvalue weighted by Gasteiger charge is 2.45. The monoisotopic (exact) mass is 545 g/mol. The maximum atomic E-state index is 13.2. The third kappa shape index (κ3) is 4.21. The molecule has 2 heterocycles. The zero-order chi connectivity index (χ0) is 24.6. The van der Waals surface area contributed by atoms with Gasteiger partial charge in [0, 0.05) is 18.9 Å². The molecule has 1 N–H and O–H groups in total. The standard InChI is InChI=1S/C23H21BrN4O5S/c1-5-34-23-25-21(31)19-15-8-6-7-9-17(15)27(12(2)29)22(28(19)26-23)14-10-16(24)20(33-13(3)30)18(11-14)32-4/h6-11,22H,5H2,1-4H3/p+1/t22-/m0/s1. The van der Waals surface area contributed by atoms with Gasteiger partial charge in [0.15, 0.2) is 11.5 Å². The van der Waals surface area contributed by atoms with E-state index in [9.17, 15) is 14.4 Å². The van der Waals surface area contributed by atoms with Crippen LogP contribution in [0.3, 0.4) is 0 Å². The van der Waals surface area contributed by atoms with Gasteiger partial charge in [-0.3, -0.25) is 19.4 Å². The normalized spacial score (nSPS) is 14.3. The Morgan fingerprint density at radius 1 is 1.26 bits per heavy atom. The van der Waals surface area contributed by atoms with E-state index in [2.05, 4.69) is 20.9 Å². The SMILES string of the molecule is CCSc1n[n+]2c(c(=O)[nH]1)-c1ccccc1N(C(C)=O)[C@@H]2c1cc(Br)c(OC(C)=O)c(OC)c1. The van der Waals surface area contributed by atoms with Crippen molar-refractivity contribution in [1.29, 1.82) is 0 Å². The number of esters is 1. The summed E-state index contributed by atoms with van der Waals surface area (Å²) in [6, 6.07) is 10.6. The summed E-state index contributed by atoms with van der Waals surface area (Å²) in [4.78, 5) is 42.2. The van der Waals surface area contributed by atoms with Gasteiger partial charge in [0.1, 0.15) is 0 Å². The second-order valence-corrected chi connectivity index (χ2v) is 9.50. The van der Waals surface area contributed by atoms with E-state index < -0.39 is 12.1 Å². The van der Waals surface area contributed by atoms with Crippen molar-refractivity contribution in [3.05, 3.63) is 56.8 Å². The number of aromatic nitrogens is 3. The molecule has 1 amide bonds. The van der Waals surface area contributed by atoms with E-state index in [0.717, 1.165) is 0 Å². The van der Waals surface area contributed by atoms with Crippen molar-refractivity contribution < 1.29 is 23.7 Å². The predicted octanol–water partition coefficient (Wildman–Crippen LogP) is 3.45. The van der Waals surface area contributed by atoms with E-state index in [0.29, 0.717) is 37.9 Å². The Hall–Kier alpha value is -3.18. The summed E-state index contributed by atoms with van der Waals surface area (Å²) >= 11 is 4.84. The fraction of sp³-hybridized carbons (Fsp3) is 0.261. The van der Waals surface area contributed by atoms with Crippen LogP contribution in [0.15, 0.2) is 50.8 Å². The van der Waals surface area contributed by atoms with Crippen LogP contribution in [0.1, 0.15) is 32.5 Å². The number of nitrogens with zero attached hydrogens (tertiary/aromatic N) is 3. The van der Waals surface area contributed by atoms with E-state index >= 15 is 0 Å². The number of para-hydroxylation sites is 1. The minimum Gasteiger partial charge on any atom is -0.493 e. The minimum atomic E-state index is -0.794. The average molecular weight is 546 g/mol. The molecule has 3 aromatic rings. The Morgan fingerprint density at radius 3 is 2.65 bits per heavy atom. The highest BCUT2D eigenvalue weighted by Crippen LogP contribution is 2.42. The number of carbonyl (C=O) groups is 2. The van der Waals surface area contributed by atoms with Gasteiger partial charge in [-0.2, -0.15) is 0 Å². The summed E-state index contributed by atoms with van der Waals surface area (Å²) in [7, 11) is 1.46. The third-order valence-electron chi connectivity index (χ3n) is 5.17. The number of anilines is 1. The van der Waals surface area contributed by atoms with Crippen LogP contribution in [0.5, 0.6) is 11.5 Å². The number of thioether (sulfide) groups is 1. The van der Waals surface area contributed by atoms with E-state index in [1.54, 1.807) is 33.8 Å². The lowest BCUT2D eigenvalue weighted by atomic mass is 10.0. The number of halogens is 1. The topological polar surface area (TPSA) is 105 Å². The van der Waals surface area contributed by atoms with Crippen LogP contribution in [-0.2, 0) is 9.59 Å². The molecular weight excluding hydrogens is 524 g/mol. The van der Waals surface area contributed by atoms with Gasteiger partial charge in [-0.25, -0.2) is 4.90 Å². The molecule has 34 heavy (non-hydrogen) atoms. The quantitative estimate of drug-likeness (QED) is 0.226. The Bertz CT molecular complexity index is 1360. The summed E-state index contributed by atoms with van der Waals surface area (Å²) in [5.41, 5.74) is 1.80. The van der Waals surface area contributed by atoms with Crippen LogP contribution in [0.2, 0.25) is 0 Å². The van der Waals surface area contributed by atoms with E-state index in [1.165, 1.54) is 32.7 Å². The average Bonchev–Trinajstić information content (AvgIpc) is 2.78. The summed E-state index contributed by atoms with van der Waals surface area (Å²) in [6.07, 6.45) is -0.794. The van der Waals surface area contributed by atoms with Gasteiger partial charge in [-0.15, -0.1) is 0 Å². The molecule has 0 bridgehead atoms. The molecular formula is C23H22BrN4O5S+. The maximum Gasteiger partial charge on any atom is 0.325 e. The number of ether oxygens (including phenoxy) is 2. The van der Waals surface area contributed by atoms with Gasteiger partial charge < -0.3 is 9.47 Å². The van der Waals surface area contributed by atoms with Crippen molar-refractivity contribution in [2.24, 2.45) is 0 Å². The van der Waals surface area contributed by atoms with Crippen molar-refractivity contribution in [1.82, 2.24) is 10.1 Å². The lowest BCUT2D eigenvalue weighted by molar-refractivity contribution is -0.763. The second kappa shape index (κ2) is 9.59. The smallest absolute Gasteiger partial charge is 0.325 e. The summed E-state index contributed by atoms with van der Waals surface area (Å²) in [6.45, 7) is 4.72. The number of hydrogen-bond acceptors (Lipinski definition) is 7. The molecule has 1 atom stereocenters. The lowest BCUT2D eigenvalue weighted by Gasteiger charge is -2.31. The van der Waals surface area contributed by atoms with Crippen molar-refractivity contribution in [3.8, 4) is 22.8 Å². The number of hydrogen-bond donors (Lipinski definition) is 1. The third-order valence-corrected chi connectivity index (χ3v) is 6.51. The Kier molecular flexibility index (Phi) is 6.76. The first-order valence-corrected chi connectivity index (χ1v) is 12.2. The van der Waals surface area contributed by atoms with Crippen LogP contribution in [0.25, 0.3) is 11.3 Å². The number of rotatable bonds is 5. The Balaban J connectivity index is 2.04. The fourth-order valence-corrected chi connectivity index (χ4v) is 5.07. The number of benzene rings is 2. The van der Waals surface area contributed by atoms with Gasteiger partial charge >= 0.3 is 17.2 Å². The van der Waals surface area contributed by atoms with Crippen LogP contribution in [0.4, 0.5) is 5.69 Å². The molecule has 0 spiro atoms. The van der Waals surface area contributed by atoms with Gasteiger partial charge in [-0.1, -0.05) is 30.8 Å². The molecule has 11 heteroatoms. The Labute approximate surface area is 208 Å². The first kappa shape index (κ1) is 24.0. The number of H-pyrrole nitrogens is 1. The molecule has 1 aliphatic heterocycles. The van der Waals surface area contributed by atoms with Crippen LogP contribution >= 0.6 is 27.7 Å². The number of amides is 1. The zero-order valence-corrected chi connectivity index (χ0v) is 21.3. The second-order valence-electron chi connectivity index (χ2n) is 7.39. The highest BCUT2D eigenvalue weighted by molar-refractivity contribution is 9.10. The molecule has 0 unspecified atom stereocenters. The molecule has 176 valence electrons. The van der Waals surface area contributed by atoms with Crippen molar-refractivity contribution in [2.45, 2.75) is 32.1 Å². The minimum absolute atomic E-state index is 0.218. The summed E-state index contributed by atoms with van der Waals surface area (Å²) < 4.78 is 12.8. The van der Waals surface area contributed by atoms with E-state index in [1.807, 2.05) is 19.1 Å². The van der Waals surface area contributed by atoms with Crippen molar-refractivity contribution in [2.75, 3.05) is 17.8 Å². The lowest BCUT2D eigenvalue weighted by Crippen LogP contribution is -2.60. The molecule has 9 nitrogen and oxygen atoms in total. The van der Waals surface area contributed by atoms with Gasteiger partial charge in [0.2, 0.25) is 11.1 Å². The number of aromatic amines is 1. The van der Waals surface area contributed by atoms with Gasteiger partial charge in [0.25, 0.3) is 6.17 Å². The molecule has 0 radical (unpaired) electrons. The number of nitrogens with one attached hydrogen (secondary N) is 1. The molecule has 0 saturated carbocycles. The summed E-state index contributed by atoms with van der Waals surface area (Å²) in [5.74, 6) is 0.475. The first-order valence-electron chi connectivity index (χ1n) is 10.4. The summed E-state index contributed by atoms with van der Waals surface area (Å²) in [5, 5.41) is 5.13. The van der Waals surface area contributed by atoms with Gasteiger partial charge in [0.05, 0.1) is 28.4 Å². The molecule has 0 aliphatic carbocycles. The fourth-order valence-electron chi connectivity index (χ4n) is 3.95. The molecule has 0 saturated heterocycles. The highest BCUT2D eigenvalue weighted by atomic mass is 79.9. The first-order chi connectivity index (χ1) is 16.3. The number of methoxy groups -OCH3 is 1. The molecule has 1 aliphatic rings. The molecule has 2 aromatic carbocycles. The largest absolute Gasteiger partial charge is 0.493 e. The van der Waals surface area contributed by atoms with Crippen LogP contribution in [0, 0.1) is 0 Å². The van der Waals surface area contributed by atoms with E-state index in [-0.39, 0.29) is 23.0 Å². The predicted molar refractivity (Wildman–Crippen MR) is 130 cm³/mol. The van der Waals surface area contributed by atoms with E-state index in [4.69, 9.17) is 14.6 Å². The Morgan fingerprint density at radius 2 is 2.00 bits per heavy atom. The molecule has 1 aromatic heterocycles. The van der Waals surface area contributed by atoms with Crippen LogP contribution < -0.4 is 24.6 Å². The molecule has 4 rings (SSSR count). The maximum absolute atomic E-state index is 13.2. The van der Waals surface area contributed by atoms with Crippen LogP contribution in [-0.4, -0.2) is 34.8 Å². The van der Waals surface area contributed by atoms with Crippen molar-refractivity contribution >= 4 is 45.3 Å². The number of carbonyl (C=O) groups excluding carboxylic acids is 2. The molecule has 0 fully saturated rings.